The zero-order valence-corrected chi connectivity index (χ0v) is 11.4. The van der Waals surface area contributed by atoms with Crippen molar-refractivity contribution in [2.75, 3.05) is 13.1 Å². The Balaban J connectivity index is 2.22. The maximum Gasteiger partial charge on any atom is 0.303 e. The number of carboxylic acids is 1. The lowest BCUT2D eigenvalue weighted by molar-refractivity contribution is -0.137. The summed E-state index contributed by atoms with van der Waals surface area (Å²) in [5.74, 6) is 0.204. The lowest BCUT2D eigenvalue weighted by Gasteiger charge is -2.20. The molecule has 0 saturated carbocycles. The van der Waals surface area contributed by atoms with Gasteiger partial charge in [-0.3, -0.25) is 9.59 Å². The number of nitrogens with zero attached hydrogens (tertiary/aromatic N) is 1. The van der Waals surface area contributed by atoms with Gasteiger partial charge in [-0.2, -0.15) is 0 Å². The smallest absolute Gasteiger partial charge is 0.303 e. The van der Waals surface area contributed by atoms with Crippen LogP contribution in [0.1, 0.15) is 58.3 Å². The molecule has 1 fully saturated rings. The van der Waals surface area contributed by atoms with Crippen LogP contribution >= 0.6 is 0 Å². The molecule has 1 amide bonds. The van der Waals surface area contributed by atoms with Crippen LogP contribution in [0.25, 0.3) is 0 Å². The molecule has 0 aromatic heterocycles. The highest BCUT2D eigenvalue weighted by Gasteiger charge is 2.19. The van der Waals surface area contributed by atoms with Crippen LogP contribution in [0.3, 0.4) is 0 Å². The van der Waals surface area contributed by atoms with Gasteiger partial charge < -0.3 is 10.0 Å². The Bertz CT molecular complexity index is 278. The fraction of sp³-hybridized carbons (Fsp3) is 0.857. The molecule has 1 rings (SSSR count). The first-order valence-electron chi connectivity index (χ1n) is 7.13. The lowest BCUT2D eigenvalue weighted by Crippen LogP contribution is -2.31. The SMILES string of the molecule is CCC1CCCN(C(=O)CCCCC(=O)O)CC1. The monoisotopic (exact) mass is 255 g/mol. The van der Waals surface area contributed by atoms with Crippen LogP contribution in [0, 0.1) is 5.92 Å². The van der Waals surface area contributed by atoms with E-state index in [1.165, 1.54) is 12.8 Å². The molecule has 1 aliphatic heterocycles. The fourth-order valence-electron chi connectivity index (χ4n) is 2.53. The molecular weight excluding hydrogens is 230 g/mol. The van der Waals surface area contributed by atoms with Crippen molar-refractivity contribution in [3.63, 3.8) is 0 Å². The molecule has 1 unspecified atom stereocenters. The van der Waals surface area contributed by atoms with Crippen LogP contribution in [0.2, 0.25) is 0 Å². The Morgan fingerprint density at radius 3 is 2.56 bits per heavy atom. The molecule has 1 saturated heterocycles. The predicted molar refractivity (Wildman–Crippen MR) is 70.3 cm³/mol. The maximum atomic E-state index is 12.0. The van der Waals surface area contributed by atoms with Crippen LogP contribution in [0.15, 0.2) is 0 Å². The highest BCUT2D eigenvalue weighted by molar-refractivity contribution is 5.76. The van der Waals surface area contributed by atoms with E-state index in [1.807, 2.05) is 4.90 Å². The number of rotatable bonds is 6. The number of amides is 1. The second kappa shape index (κ2) is 8.11. The third-order valence-electron chi connectivity index (χ3n) is 3.81. The maximum absolute atomic E-state index is 12.0. The number of carbonyl (C=O) groups is 2. The first-order chi connectivity index (χ1) is 8.63. The molecule has 0 aromatic rings. The summed E-state index contributed by atoms with van der Waals surface area (Å²) in [6.45, 7) is 3.98. The van der Waals surface area contributed by atoms with Crippen molar-refractivity contribution in [2.24, 2.45) is 5.92 Å². The first kappa shape index (κ1) is 15.0. The van der Waals surface area contributed by atoms with Crippen molar-refractivity contribution >= 4 is 11.9 Å². The van der Waals surface area contributed by atoms with Gasteiger partial charge in [0.25, 0.3) is 0 Å². The molecule has 1 aliphatic rings. The largest absolute Gasteiger partial charge is 0.481 e. The Morgan fingerprint density at radius 1 is 1.17 bits per heavy atom. The molecule has 1 heterocycles. The number of carbonyl (C=O) groups excluding carboxylic acids is 1. The third kappa shape index (κ3) is 5.52. The topological polar surface area (TPSA) is 57.6 Å². The summed E-state index contributed by atoms with van der Waals surface area (Å²) >= 11 is 0. The van der Waals surface area contributed by atoms with Gasteiger partial charge in [0.15, 0.2) is 0 Å². The van der Waals surface area contributed by atoms with E-state index in [-0.39, 0.29) is 12.3 Å². The molecule has 0 spiro atoms. The highest BCUT2D eigenvalue weighted by Crippen LogP contribution is 2.20. The van der Waals surface area contributed by atoms with Gasteiger partial charge in [0.1, 0.15) is 0 Å². The summed E-state index contributed by atoms with van der Waals surface area (Å²) in [6.07, 6.45) is 6.65. The molecule has 0 radical (unpaired) electrons. The Labute approximate surface area is 109 Å². The molecule has 0 bridgehead atoms. The second-order valence-electron chi connectivity index (χ2n) is 5.19. The van der Waals surface area contributed by atoms with Crippen molar-refractivity contribution in [2.45, 2.75) is 58.3 Å². The van der Waals surface area contributed by atoms with E-state index in [2.05, 4.69) is 6.92 Å². The summed E-state index contributed by atoms with van der Waals surface area (Å²) < 4.78 is 0. The summed E-state index contributed by atoms with van der Waals surface area (Å²) in [5, 5.41) is 8.53. The van der Waals surface area contributed by atoms with Crippen LogP contribution in [-0.2, 0) is 9.59 Å². The summed E-state index contributed by atoms with van der Waals surface area (Å²) in [4.78, 5) is 24.3. The normalized spacial score (nSPS) is 20.5. The molecule has 104 valence electrons. The number of hydrogen-bond acceptors (Lipinski definition) is 2. The first-order valence-corrected chi connectivity index (χ1v) is 7.13. The van der Waals surface area contributed by atoms with Crippen LogP contribution in [-0.4, -0.2) is 35.0 Å². The van der Waals surface area contributed by atoms with Crippen molar-refractivity contribution < 1.29 is 14.7 Å². The highest BCUT2D eigenvalue weighted by atomic mass is 16.4. The van der Waals surface area contributed by atoms with Crippen molar-refractivity contribution in [1.82, 2.24) is 4.90 Å². The van der Waals surface area contributed by atoms with Gasteiger partial charge in [0.2, 0.25) is 5.91 Å². The Kier molecular flexibility index (Phi) is 6.76. The van der Waals surface area contributed by atoms with Crippen LogP contribution in [0.5, 0.6) is 0 Å². The van der Waals surface area contributed by atoms with Crippen molar-refractivity contribution in [3.8, 4) is 0 Å². The number of likely N-dealkylation sites (tertiary alicyclic amines) is 1. The molecular formula is C14H25NO3. The van der Waals surface area contributed by atoms with Gasteiger partial charge in [0.05, 0.1) is 0 Å². The number of carboxylic acid groups (broad SMARTS) is 1. The van der Waals surface area contributed by atoms with Gasteiger partial charge in [-0.1, -0.05) is 13.3 Å². The summed E-state index contributed by atoms with van der Waals surface area (Å²) in [5.41, 5.74) is 0. The standard InChI is InChI=1S/C14H25NO3/c1-2-12-6-5-10-15(11-9-12)13(16)7-3-4-8-14(17)18/h12H,2-11H2,1H3,(H,17,18). The van der Waals surface area contributed by atoms with E-state index < -0.39 is 5.97 Å². The summed E-state index contributed by atoms with van der Waals surface area (Å²) in [7, 11) is 0. The molecule has 4 heteroatoms. The van der Waals surface area contributed by atoms with E-state index in [0.29, 0.717) is 19.3 Å². The van der Waals surface area contributed by atoms with Gasteiger partial charge in [-0.15, -0.1) is 0 Å². The Morgan fingerprint density at radius 2 is 1.89 bits per heavy atom. The zero-order chi connectivity index (χ0) is 13.4. The Hall–Kier alpha value is -1.06. The van der Waals surface area contributed by atoms with E-state index in [9.17, 15) is 9.59 Å². The molecule has 1 atom stereocenters. The fourth-order valence-corrected chi connectivity index (χ4v) is 2.53. The van der Waals surface area contributed by atoms with E-state index in [0.717, 1.165) is 31.8 Å². The molecule has 0 aliphatic carbocycles. The average Bonchev–Trinajstić information content (AvgIpc) is 2.59. The van der Waals surface area contributed by atoms with Crippen molar-refractivity contribution in [1.29, 1.82) is 0 Å². The minimum atomic E-state index is -0.775. The zero-order valence-electron chi connectivity index (χ0n) is 11.4. The van der Waals surface area contributed by atoms with E-state index in [4.69, 9.17) is 5.11 Å². The second-order valence-corrected chi connectivity index (χ2v) is 5.19. The lowest BCUT2D eigenvalue weighted by atomic mass is 9.98. The van der Waals surface area contributed by atoms with Crippen molar-refractivity contribution in [3.05, 3.63) is 0 Å². The van der Waals surface area contributed by atoms with E-state index in [1.54, 1.807) is 0 Å². The average molecular weight is 255 g/mol. The quantitative estimate of drug-likeness (QED) is 0.742. The number of aliphatic carboxylic acids is 1. The number of hydrogen-bond donors (Lipinski definition) is 1. The van der Waals surface area contributed by atoms with Gasteiger partial charge in [-0.25, -0.2) is 0 Å². The van der Waals surface area contributed by atoms with Crippen LogP contribution < -0.4 is 0 Å². The molecule has 1 N–H and O–H groups in total. The molecule has 4 nitrogen and oxygen atoms in total. The van der Waals surface area contributed by atoms with Gasteiger partial charge >= 0.3 is 5.97 Å². The van der Waals surface area contributed by atoms with Crippen LogP contribution in [0.4, 0.5) is 0 Å². The minimum absolute atomic E-state index is 0.172. The predicted octanol–water partition coefficient (Wildman–Crippen LogP) is 2.67. The van der Waals surface area contributed by atoms with E-state index >= 15 is 0 Å². The summed E-state index contributed by atoms with van der Waals surface area (Å²) in [6, 6.07) is 0. The molecule has 0 aromatic carbocycles. The minimum Gasteiger partial charge on any atom is -0.481 e. The van der Waals surface area contributed by atoms with Gasteiger partial charge in [0, 0.05) is 25.9 Å². The number of unbranched alkanes of at least 4 members (excludes halogenated alkanes) is 1. The molecule has 18 heavy (non-hydrogen) atoms. The third-order valence-corrected chi connectivity index (χ3v) is 3.81. The van der Waals surface area contributed by atoms with Gasteiger partial charge in [-0.05, 0) is 38.0 Å².